The van der Waals surface area contributed by atoms with E-state index in [9.17, 15) is 22.8 Å². The van der Waals surface area contributed by atoms with Gasteiger partial charge in [-0.05, 0) is 49.4 Å². The zero-order valence-electron chi connectivity index (χ0n) is 17.2. The van der Waals surface area contributed by atoms with E-state index in [0.29, 0.717) is 42.5 Å². The second kappa shape index (κ2) is 8.29. The lowest BCUT2D eigenvalue weighted by Gasteiger charge is -2.37. The molecule has 168 valence electrons. The highest BCUT2D eigenvalue weighted by Gasteiger charge is 2.46. The van der Waals surface area contributed by atoms with Crippen molar-refractivity contribution in [3.05, 3.63) is 59.8 Å². The number of esters is 1. The fourth-order valence-electron chi connectivity index (χ4n) is 4.28. The van der Waals surface area contributed by atoms with E-state index < -0.39 is 23.7 Å². The fraction of sp³-hybridized carbons (Fsp3) is 0.348. The van der Waals surface area contributed by atoms with E-state index in [4.69, 9.17) is 10.5 Å². The van der Waals surface area contributed by atoms with Crippen LogP contribution in [0.4, 0.5) is 13.2 Å². The summed E-state index contributed by atoms with van der Waals surface area (Å²) in [6.45, 7) is 0. The molecule has 1 amide bonds. The Morgan fingerprint density at radius 3 is 2.38 bits per heavy atom. The fourth-order valence-corrected chi connectivity index (χ4v) is 4.28. The van der Waals surface area contributed by atoms with E-state index in [1.54, 1.807) is 47.3 Å². The van der Waals surface area contributed by atoms with Crippen molar-refractivity contribution in [3.8, 4) is 5.69 Å². The summed E-state index contributed by atoms with van der Waals surface area (Å²) in [7, 11) is 0. The van der Waals surface area contributed by atoms with Crippen molar-refractivity contribution in [2.45, 2.75) is 50.3 Å². The summed E-state index contributed by atoms with van der Waals surface area (Å²) >= 11 is 0. The van der Waals surface area contributed by atoms with Crippen LogP contribution in [0.1, 0.15) is 48.0 Å². The highest BCUT2D eigenvalue weighted by molar-refractivity contribution is 6.04. The van der Waals surface area contributed by atoms with Crippen molar-refractivity contribution in [2.24, 2.45) is 5.73 Å². The van der Waals surface area contributed by atoms with E-state index >= 15 is 0 Å². The van der Waals surface area contributed by atoms with Crippen molar-refractivity contribution in [3.63, 3.8) is 0 Å². The third kappa shape index (κ3) is 4.46. The van der Waals surface area contributed by atoms with Gasteiger partial charge in [-0.2, -0.15) is 18.3 Å². The lowest BCUT2D eigenvalue weighted by Crippen LogP contribution is -2.43. The number of hydrogen-bond acceptors (Lipinski definition) is 4. The first-order valence-electron chi connectivity index (χ1n) is 10.3. The number of hydrogen-bond donors (Lipinski definition) is 1. The molecule has 1 fully saturated rings. The molecule has 0 radical (unpaired) electrons. The summed E-state index contributed by atoms with van der Waals surface area (Å²) in [5.74, 6) is -2.70. The van der Waals surface area contributed by atoms with E-state index in [2.05, 4.69) is 5.10 Å². The van der Waals surface area contributed by atoms with E-state index in [1.165, 1.54) is 0 Å². The zero-order valence-corrected chi connectivity index (χ0v) is 17.2. The van der Waals surface area contributed by atoms with Crippen LogP contribution in [0.5, 0.6) is 0 Å². The molecule has 0 saturated heterocycles. The topological polar surface area (TPSA) is 87.2 Å². The van der Waals surface area contributed by atoms with Gasteiger partial charge in [0.05, 0.1) is 11.3 Å². The molecule has 6 nitrogen and oxygen atoms in total. The van der Waals surface area contributed by atoms with E-state index in [0.717, 1.165) is 17.4 Å². The van der Waals surface area contributed by atoms with Gasteiger partial charge in [0.2, 0.25) is 0 Å². The van der Waals surface area contributed by atoms with Crippen LogP contribution in [-0.4, -0.2) is 33.4 Å². The average molecular weight is 445 g/mol. The number of primary amides is 1. The number of halogens is 3. The van der Waals surface area contributed by atoms with Crippen LogP contribution in [0.25, 0.3) is 16.6 Å². The minimum Gasteiger partial charge on any atom is -0.452 e. The lowest BCUT2D eigenvalue weighted by molar-refractivity contribution is -0.216. The van der Waals surface area contributed by atoms with Crippen molar-refractivity contribution in [2.75, 3.05) is 0 Å². The van der Waals surface area contributed by atoms with Gasteiger partial charge in [0.15, 0.2) is 0 Å². The Labute approximate surface area is 182 Å². The molecule has 1 aromatic heterocycles. The smallest absolute Gasteiger partial charge is 0.452 e. The van der Waals surface area contributed by atoms with Crippen LogP contribution in [0.2, 0.25) is 0 Å². The molecule has 2 N–H and O–H groups in total. The standard InChI is InChI=1S/C23H22F3N3O3/c24-23(25,26)21(31)32-22(11-2-1-3-12-22)13-15-7-9-17(10-8-15)29-14-16-5-4-6-18(20(27)30)19(16)28-29/h4-10,14H,1-3,11-13H2,(H2,27,30). The molecule has 0 unspecified atom stereocenters. The van der Waals surface area contributed by atoms with Gasteiger partial charge in [-0.1, -0.05) is 30.7 Å². The minimum atomic E-state index is -5.01. The van der Waals surface area contributed by atoms with Crippen molar-refractivity contribution in [1.29, 1.82) is 0 Å². The molecule has 4 rings (SSSR count). The molecule has 3 aromatic rings. The first kappa shape index (κ1) is 21.9. The summed E-state index contributed by atoms with van der Waals surface area (Å²) in [4.78, 5) is 23.2. The van der Waals surface area contributed by atoms with Crippen molar-refractivity contribution >= 4 is 22.8 Å². The molecule has 32 heavy (non-hydrogen) atoms. The number of alkyl halides is 3. The maximum Gasteiger partial charge on any atom is 0.490 e. The van der Waals surface area contributed by atoms with Crippen LogP contribution in [-0.2, 0) is 16.0 Å². The van der Waals surface area contributed by atoms with E-state index in [-0.39, 0.29) is 6.42 Å². The summed E-state index contributed by atoms with van der Waals surface area (Å²) in [6, 6.07) is 12.3. The van der Waals surface area contributed by atoms with Crippen LogP contribution in [0, 0.1) is 0 Å². The number of aromatic nitrogens is 2. The molecule has 0 spiro atoms. The Balaban J connectivity index is 1.57. The van der Waals surface area contributed by atoms with Gasteiger partial charge in [0.1, 0.15) is 11.1 Å². The van der Waals surface area contributed by atoms with Gasteiger partial charge in [-0.15, -0.1) is 0 Å². The highest BCUT2D eigenvalue weighted by atomic mass is 19.4. The van der Waals surface area contributed by atoms with Gasteiger partial charge in [-0.25, -0.2) is 9.48 Å². The molecule has 2 aromatic carbocycles. The molecule has 1 heterocycles. The molecule has 0 atom stereocenters. The normalized spacial score (nSPS) is 16.1. The first-order valence-corrected chi connectivity index (χ1v) is 10.3. The number of carbonyl (C=O) groups excluding carboxylic acids is 2. The first-order chi connectivity index (χ1) is 15.2. The second-order valence-corrected chi connectivity index (χ2v) is 8.16. The number of amides is 1. The monoisotopic (exact) mass is 445 g/mol. The largest absolute Gasteiger partial charge is 0.490 e. The Morgan fingerprint density at radius 2 is 1.75 bits per heavy atom. The number of fused-ring (bicyclic) bond motifs is 1. The number of nitrogens with two attached hydrogens (primary N) is 1. The predicted octanol–water partition coefficient (Wildman–Crippen LogP) is 4.48. The number of rotatable bonds is 5. The number of benzene rings is 2. The lowest BCUT2D eigenvalue weighted by atomic mass is 9.80. The molecule has 1 aliphatic carbocycles. The summed E-state index contributed by atoms with van der Waals surface area (Å²) < 4.78 is 45.0. The van der Waals surface area contributed by atoms with E-state index in [1.807, 2.05) is 6.07 Å². The van der Waals surface area contributed by atoms with Gasteiger partial charge >= 0.3 is 12.1 Å². The summed E-state index contributed by atoms with van der Waals surface area (Å²) in [6.07, 6.45) is 0.0989. The third-order valence-electron chi connectivity index (χ3n) is 5.83. The number of ether oxygens (including phenoxy) is 1. The third-order valence-corrected chi connectivity index (χ3v) is 5.83. The van der Waals surface area contributed by atoms with Crippen LogP contribution in [0.15, 0.2) is 48.7 Å². The predicted molar refractivity (Wildman–Crippen MR) is 111 cm³/mol. The molecular formula is C23H22F3N3O3. The van der Waals surface area contributed by atoms with Crippen molar-refractivity contribution in [1.82, 2.24) is 9.78 Å². The average Bonchev–Trinajstić information content (AvgIpc) is 3.18. The van der Waals surface area contributed by atoms with Gasteiger partial charge in [0, 0.05) is 18.0 Å². The van der Waals surface area contributed by atoms with Gasteiger partial charge in [-0.3, -0.25) is 4.79 Å². The summed E-state index contributed by atoms with van der Waals surface area (Å²) in [5.41, 5.74) is 6.56. The number of carbonyl (C=O) groups is 2. The summed E-state index contributed by atoms with van der Waals surface area (Å²) in [5, 5.41) is 5.21. The quantitative estimate of drug-likeness (QED) is 0.587. The van der Waals surface area contributed by atoms with Crippen LogP contribution < -0.4 is 5.73 Å². The Bertz CT molecular complexity index is 1150. The second-order valence-electron chi connectivity index (χ2n) is 8.16. The maximum atomic E-state index is 12.8. The molecule has 1 saturated carbocycles. The highest BCUT2D eigenvalue weighted by Crippen LogP contribution is 2.37. The molecule has 1 aliphatic rings. The van der Waals surface area contributed by atoms with Gasteiger partial charge < -0.3 is 10.5 Å². The van der Waals surface area contributed by atoms with Crippen LogP contribution in [0.3, 0.4) is 0 Å². The Kier molecular flexibility index (Phi) is 5.66. The zero-order chi connectivity index (χ0) is 22.9. The minimum absolute atomic E-state index is 0.210. The number of nitrogens with zero attached hydrogens (tertiary/aromatic N) is 2. The van der Waals surface area contributed by atoms with Crippen LogP contribution >= 0.6 is 0 Å². The molecular weight excluding hydrogens is 423 g/mol. The maximum absolute atomic E-state index is 12.8. The SMILES string of the molecule is NC(=O)c1cccc2cn(-c3ccc(CC4(OC(=O)C(F)(F)F)CCCCC4)cc3)nc12. The Morgan fingerprint density at radius 1 is 1.06 bits per heavy atom. The Hall–Kier alpha value is -3.36. The van der Waals surface area contributed by atoms with Gasteiger partial charge in [0.25, 0.3) is 5.91 Å². The molecule has 0 bridgehead atoms. The molecule has 0 aliphatic heterocycles. The molecule has 9 heteroatoms. The van der Waals surface area contributed by atoms with Crippen molar-refractivity contribution < 1.29 is 27.5 Å².